The first-order valence-corrected chi connectivity index (χ1v) is 8.82. The molecule has 0 aliphatic heterocycles. The highest BCUT2D eigenvalue weighted by atomic mass is 16.5. The van der Waals surface area contributed by atoms with Gasteiger partial charge in [0, 0.05) is 11.3 Å². The monoisotopic (exact) mass is 370 g/mol. The number of aromatic amines is 1. The van der Waals surface area contributed by atoms with Gasteiger partial charge in [0.25, 0.3) is 0 Å². The molecule has 0 radical (unpaired) electrons. The molecule has 1 aromatic heterocycles. The van der Waals surface area contributed by atoms with E-state index in [1.54, 1.807) is 33.1 Å². The number of ketones is 1. The van der Waals surface area contributed by atoms with E-state index in [2.05, 4.69) is 11.9 Å². The fourth-order valence-corrected chi connectivity index (χ4v) is 2.82. The van der Waals surface area contributed by atoms with Crippen molar-refractivity contribution < 1.29 is 24.2 Å². The summed E-state index contributed by atoms with van der Waals surface area (Å²) in [4.78, 5) is 26.3. The van der Waals surface area contributed by atoms with Crippen LogP contribution in [0.5, 0.6) is 11.5 Å². The zero-order valence-electron chi connectivity index (χ0n) is 16.0. The molecule has 0 unspecified atom stereocenters. The number of carboxylic acid groups (broad SMARTS) is 1. The first-order chi connectivity index (χ1) is 12.9. The van der Waals surface area contributed by atoms with Gasteiger partial charge in [-0.25, -0.2) is 0 Å². The second-order valence-electron chi connectivity index (χ2n) is 6.22. The number of aromatic carboxylic acids is 1. The van der Waals surface area contributed by atoms with Crippen LogP contribution in [0.1, 0.15) is 57.4 Å². The number of aromatic nitrogens is 1. The summed E-state index contributed by atoms with van der Waals surface area (Å²) in [7, 11) is 1.58. The Morgan fingerprint density at radius 3 is 2.56 bits per heavy atom. The standard InChI is InChI=1S/C21H25NO5/c1-5-6-11-27-18-12-15(8-10-17(18)26-4)7-9-16(23)19-13(2)20(21(24)25)22-14(19)3/h7-10,12,22H,5-6,11H2,1-4H3,(H,24,25)/p-1/b9-7+. The number of allylic oxidation sites excluding steroid dienone is 1. The highest BCUT2D eigenvalue weighted by Gasteiger charge is 2.16. The number of nitrogens with one attached hydrogen (secondary N) is 1. The van der Waals surface area contributed by atoms with Crippen molar-refractivity contribution in [3.8, 4) is 11.5 Å². The van der Waals surface area contributed by atoms with Crippen molar-refractivity contribution in [2.75, 3.05) is 13.7 Å². The maximum Gasteiger partial charge on any atom is 0.187 e. The number of H-pyrrole nitrogens is 1. The van der Waals surface area contributed by atoms with E-state index in [0.29, 0.717) is 34.9 Å². The molecule has 6 nitrogen and oxygen atoms in total. The van der Waals surface area contributed by atoms with Crippen molar-refractivity contribution in [1.29, 1.82) is 0 Å². The van der Waals surface area contributed by atoms with Crippen molar-refractivity contribution in [1.82, 2.24) is 4.98 Å². The molecular weight excluding hydrogens is 346 g/mol. The normalized spacial score (nSPS) is 11.0. The van der Waals surface area contributed by atoms with Gasteiger partial charge in [-0.3, -0.25) is 4.79 Å². The van der Waals surface area contributed by atoms with Gasteiger partial charge in [0.1, 0.15) is 0 Å². The van der Waals surface area contributed by atoms with E-state index < -0.39 is 5.97 Å². The molecule has 0 aliphatic carbocycles. The molecule has 0 aliphatic rings. The number of ether oxygens (including phenoxy) is 2. The van der Waals surface area contributed by atoms with Gasteiger partial charge in [0.05, 0.1) is 25.4 Å². The van der Waals surface area contributed by atoms with E-state index in [1.807, 2.05) is 12.1 Å². The lowest BCUT2D eigenvalue weighted by atomic mass is 10.0. The second-order valence-corrected chi connectivity index (χ2v) is 6.22. The predicted molar refractivity (Wildman–Crippen MR) is 101 cm³/mol. The number of unbranched alkanes of at least 4 members (excludes halogenated alkanes) is 1. The highest BCUT2D eigenvalue weighted by molar-refractivity contribution is 6.10. The zero-order chi connectivity index (χ0) is 20.0. The van der Waals surface area contributed by atoms with Crippen LogP contribution in [0.4, 0.5) is 0 Å². The molecule has 1 N–H and O–H groups in total. The number of carbonyl (C=O) groups is 2. The topological polar surface area (TPSA) is 91.5 Å². The van der Waals surface area contributed by atoms with Gasteiger partial charge in [-0.2, -0.15) is 0 Å². The lowest BCUT2D eigenvalue weighted by molar-refractivity contribution is -0.255. The largest absolute Gasteiger partial charge is 0.543 e. The summed E-state index contributed by atoms with van der Waals surface area (Å²) in [6.07, 6.45) is 5.05. The Morgan fingerprint density at radius 2 is 1.96 bits per heavy atom. The van der Waals surface area contributed by atoms with Gasteiger partial charge < -0.3 is 24.4 Å². The Morgan fingerprint density at radius 1 is 1.22 bits per heavy atom. The maximum absolute atomic E-state index is 12.5. The molecule has 1 aromatic carbocycles. The smallest absolute Gasteiger partial charge is 0.187 e. The van der Waals surface area contributed by atoms with Gasteiger partial charge in [-0.1, -0.05) is 25.5 Å². The summed E-state index contributed by atoms with van der Waals surface area (Å²) in [5.41, 5.74) is 1.93. The number of rotatable bonds is 9. The third-order valence-electron chi connectivity index (χ3n) is 4.26. The van der Waals surface area contributed by atoms with Crippen molar-refractivity contribution >= 4 is 17.8 Å². The van der Waals surface area contributed by atoms with Crippen molar-refractivity contribution in [2.45, 2.75) is 33.6 Å². The lowest BCUT2D eigenvalue weighted by Gasteiger charge is -2.11. The first-order valence-electron chi connectivity index (χ1n) is 8.82. The van der Waals surface area contributed by atoms with Crippen molar-refractivity contribution in [3.05, 3.63) is 52.4 Å². The molecule has 6 heteroatoms. The van der Waals surface area contributed by atoms with Gasteiger partial charge in [-0.05, 0) is 49.6 Å². The predicted octanol–water partition coefficient (Wildman–Crippen LogP) is 3.08. The van der Waals surface area contributed by atoms with Gasteiger partial charge in [-0.15, -0.1) is 0 Å². The number of benzene rings is 1. The molecular formula is C21H24NO5-. The molecule has 0 atom stereocenters. The molecule has 0 amide bonds. The van der Waals surface area contributed by atoms with Crippen LogP contribution in [-0.4, -0.2) is 30.5 Å². The van der Waals surface area contributed by atoms with E-state index in [4.69, 9.17) is 9.47 Å². The molecule has 0 spiro atoms. The Kier molecular flexibility index (Phi) is 6.82. The Balaban J connectivity index is 2.23. The number of hydrogen-bond acceptors (Lipinski definition) is 5. The summed E-state index contributed by atoms with van der Waals surface area (Å²) in [5, 5.41) is 11.1. The molecule has 27 heavy (non-hydrogen) atoms. The van der Waals surface area contributed by atoms with Crippen LogP contribution < -0.4 is 14.6 Å². The van der Waals surface area contributed by atoms with E-state index >= 15 is 0 Å². The van der Waals surface area contributed by atoms with Crippen molar-refractivity contribution in [2.24, 2.45) is 0 Å². The number of carbonyl (C=O) groups excluding carboxylic acids is 2. The Bertz CT molecular complexity index is 864. The Labute approximate surface area is 158 Å². The van der Waals surface area contributed by atoms with E-state index in [1.165, 1.54) is 6.08 Å². The highest BCUT2D eigenvalue weighted by Crippen LogP contribution is 2.29. The van der Waals surface area contributed by atoms with Crippen LogP contribution in [0, 0.1) is 13.8 Å². The number of aryl methyl sites for hydroxylation is 1. The maximum atomic E-state index is 12.5. The SMILES string of the molecule is CCCCOc1cc(/C=C/C(=O)c2c(C)[nH]c(C(=O)[O-])c2C)ccc1OC. The van der Waals surface area contributed by atoms with Crippen LogP contribution in [0.3, 0.4) is 0 Å². The third kappa shape index (κ3) is 4.78. The lowest BCUT2D eigenvalue weighted by Crippen LogP contribution is -2.23. The summed E-state index contributed by atoms with van der Waals surface area (Å²) in [6, 6.07) is 5.41. The molecule has 2 rings (SSSR count). The average molecular weight is 370 g/mol. The van der Waals surface area contributed by atoms with Gasteiger partial charge in [0.2, 0.25) is 0 Å². The summed E-state index contributed by atoms with van der Waals surface area (Å²) in [5.74, 6) is -0.361. The van der Waals surface area contributed by atoms with Crippen LogP contribution >= 0.6 is 0 Å². The molecule has 144 valence electrons. The molecule has 1 heterocycles. The third-order valence-corrected chi connectivity index (χ3v) is 4.26. The molecule has 0 fully saturated rings. The van der Waals surface area contributed by atoms with Gasteiger partial charge in [0.15, 0.2) is 17.3 Å². The van der Waals surface area contributed by atoms with E-state index in [0.717, 1.165) is 18.4 Å². The van der Waals surface area contributed by atoms with Crippen molar-refractivity contribution in [3.63, 3.8) is 0 Å². The van der Waals surface area contributed by atoms with Crippen LogP contribution in [0.2, 0.25) is 0 Å². The Hall–Kier alpha value is -3.02. The van der Waals surface area contributed by atoms with E-state index in [-0.39, 0.29) is 11.5 Å². The molecule has 0 bridgehead atoms. The number of carboxylic acids is 1. The summed E-state index contributed by atoms with van der Waals surface area (Å²) >= 11 is 0. The van der Waals surface area contributed by atoms with Crippen LogP contribution in [0.15, 0.2) is 24.3 Å². The van der Waals surface area contributed by atoms with Gasteiger partial charge >= 0.3 is 0 Å². The molecule has 0 saturated heterocycles. The number of hydrogen-bond donors (Lipinski definition) is 1. The quantitative estimate of drug-likeness (QED) is 0.416. The summed E-state index contributed by atoms with van der Waals surface area (Å²) < 4.78 is 11.0. The average Bonchev–Trinajstić information content (AvgIpc) is 2.94. The minimum atomic E-state index is -1.33. The van der Waals surface area contributed by atoms with Crippen LogP contribution in [-0.2, 0) is 0 Å². The van der Waals surface area contributed by atoms with Crippen LogP contribution in [0.25, 0.3) is 6.08 Å². The van der Waals surface area contributed by atoms with E-state index in [9.17, 15) is 14.7 Å². The molecule has 2 aromatic rings. The summed E-state index contributed by atoms with van der Waals surface area (Å²) in [6.45, 7) is 5.92. The second kappa shape index (κ2) is 9.07. The molecule has 0 saturated carbocycles. The fraction of sp³-hybridized carbons (Fsp3) is 0.333. The first kappa shape index (κ1) is 20.3. The fourth-order valence-electron chi connectivity index (χ4n) is 2.82. The zero-order valence-corrected chi connectivity index (χ0v) is 16.0. The minimum absolute atomic E-state index is 0.0692. The minimum Gasteiger partial charge on any atom is -0.543 e. The number of methoxy groups -OCH3 is 1.